The highest BCUT2D eigenvalue weighted by Gasteiger charge is 2.18. The molecule has 0 radical (unpaired) electrons. The summed E-state index contributed by atoms with van der Waals surface area (Å²) in [6, 6.07) is 6.16. The molecule has 0 saturated carbocycles. The quantitative estimate of drug-likeness (QED) is 0.621. The van der Waals surface area contributed by atoms with E-state index in [2.05, 4.69) is 45.9 Å². The molecular formula is C20H28O2. The Hall–Kier alpha value is -1.70. The van der Waals surface area contributed by atoms with Gasteiger partial charge in [-0.1, -0.05) is 30.2 Å². The van der Waals surface area contributed by atoms with Gasteiger partial charge in [0.1, 0.15) is 24.2 Å². The zero-order valence-electron chi connectivity index (χ0n) is 14.3. The molecule has 0 aliphatic carbocycles. The highest BCUT2D eigenvalue weighted by atomic mass is 16.5. The number of hydrogen-bond acceptors (Lipinski definition) is 2. The number of benzene rings is 1. The first-order valence-corrected chi connectivity index (χ1v) is 8.32. The number of hydrogen-bond donors (Lipinski definition) is 0. The van der Waals surface area contributed by atoms with Gasteiger partial charge >= 0.3 is 0 Å². The predicted octanol–water partition coefficient (Wildman–Crippen LogP) is 5.47. The first kappa shape index (κ1) is 16.7. The van der Waals surface area contributed by atoms with Crippen LogP contribution >= 0.6 is 0 Å². The second-order valence-corrected chi connectivity index (χ2v) is 6.21. The second kappa shape index (κ2) is 8.07. The smallest absolute Gasteiger partial charge is 0.126 e. The maximum absolute atomic E-state index is 5.81. The van der Waals surface area contributed by atoms with Crippen molar-refractivity contribution >= 4 is 0 Å². The summed E-state index contributed by atoms with van der Waals surface area (Å²) < 4.78 is 11.6. The van der Waals surface area contributed by atoms with Crippen molar-refractivity contribution in [2.24, 2.45) is 0 Å². The molecule has 0 amide bonds. The fraction of sp³-hybridized carbons (Fsp3) is 0.500. The third kappa shape index (κ3) is 4.94. The molecule has 0 N–H and O–H groups in total. The maximum atomic E-state index is 5.81. The van der Waals surface area contributed by atoms with Crippen LogP contribution in [0.2, 0.25) is 0 Å². The van der Waals surface area contributed by atoms with Crippen LogP contribution in [-0.2, 0) is 6.42 Å². The lowest BCUT2D eigenvalue weighted by Gasteiger charge is -2.07. The van der Waals surface area contributed by atoms with Crippen molar-refractivity contribution in [2.45, 2.75) is 59.5 Å². The van der Waals surface area contributed by atoms with Gasteiger partial charge in [0.25, 0.3) is 0 Å². The lowest BCUT2D eigenvalue weighted by Crippen LogP contribution is -2.05. The van der Waals surface area contributed by atoms with E-state index in [1.807, 2.05) is 12.1 Å². The number of allylic oxidation sites excluding steroid dienone is 3. The van der Waals surface area contributed by atoms with Gasteiger partial charge < -0.3 is 9.47 Å². The van der Waals surface area contributed by atoms with E-state index in [-0.39, 0.29) is 6.10 Å². The van der Waals surface area contributed by atoms with Crippen LogP contribution in [0.25, 0.3) is 0 Å². The van der Waals surface area contributed by atoms with E-state index in [0.717, 1.165) is 37.2 Å². The van der Waals surface area contributed by atoms with Crippen molar-refractivity contribution in [3.05, 3.63) is 47.1 Å². The fourth-order valence-corrected chi connectivity index (χ4v) is 2.54. The van der Waals surface area contributed by atoms with Crippen LogP contribution in [0.3, 0.4) is 0 Å². The summed E-state index contributed by atoms with van der Waals surface area (Å²) >= 11 is 0. The topological polar surface area (TPSA) is 18.5 Å². The van der Waals surface area contributed by atoms with Crippen LogP contribution < -0.4 is 9.47 Å². The standard InChI is InChI=1S/C20H28O2/c1-5-15(2)7-6-8-16(3)11-12-21-19-10-9-18-13-17(4)22-20(18)14-19/h7,9-11,14,17H,5-6,8,12-13H2,1-4H3/b15-7+,16-11+. The lowest BCUT2D eigenvalue weighted by molar-refractivity contribution is 0.253. The van der Waals surface area contributed by atoms with E-state index >= 15 is 0 Å². The minimum atomic E-state index is 0.284. The van der Waals surface area contributed by atoms with Crippen LogP contribution in [0, 0.1) is 0 Å². The largest absolute Gasteiger partial charge is 0.490 e. The van der Waals surface area contributed by atoms with Crippen LogP contribution in [0.1, 0.15) is 52.5 Å². The van der Waals surface area contributed by atoms with Crippen molar-refractivity contribution < 1.29 is 9.47 Å². The first-order chi connectivity index (χ1) is 10.6. The molecule has 1 aliphatic heterocycles. The first-order valence-electron chi connectivity index (χ1n) is 8.32. The van der Waals surface area contributed by atoms with Gasteiger partial charge in [-0.15, -0.1) is 0 Å². The molecule has 2 nitrogen and oxygen atoms in total. The SMILES string of the molecule is CC/C(C)=C/CC/C(C)=C/COc1ccc2c(c1)OC(C)C2. The Labute approximate surface area is 134 Å². The van der Waals surface area contributed by atoms with Gasteiger partial charge in [0, 0.05) is 12.5 Å². The molecule has 1 aromatic rings. The van der Waals surface area contributed by atoms with Gasteiger partial charge in [-0.05, 0) is 57.7 Å². The molecular weight excluding hydrogens is 272 g/mol. The molecule has 0 aromatic heterocycles. The molecule has 0 saturated heterocycles. The molecule has 22 heavy (non-hydrogen) atoms. The summed E-state index contributed by atoms with van der Waals surface area (Å²) in [6.45, 7) is 9.28. The molecule has 2 rings (SSSR count). The van der Waals surface area contributed by atoms with Crippen molar-refractivity contribution in [1.82, 2.24) is 0 Å². The Bertz CT molecular complexity index is 555. The Morgan fingerprint density at radius 2 is 2.09 bits per heavy atom. The van der Waals surface area contributed by atoms with E-state index in [4.69, 9.17) is 9.47 Å². The van der Waals surface area contributed by atoms with Crippen molar-refractivity contribution in [1.29, 1.82) is 0 Å². The van der Waals surface area contributed by atoms with Crippen molar-refractivity contribution in [3.63, 3.8) is 0 Å². The van der Waals surface area contributed by atoms with Gasteiger partial charge in [-0.3, -0.25) is 0 Å². The molecule has 1 atom stereocenters. The summed E-state index contributed by atoms with van der Waals surface area (Å²) in [4.78, 5) is 0. The Morgan fingerprint density at radius 3 is 2.86 bits per heavy atom. The molecule has 0 spiro atoms. The molecule has 1 heterocycles. The summed E-state index contributed by atoms with van der Waals surface area (Å²) in [5.74, 6) is 1.87. The average molecular weight is 300 g/mol. The third-order valence-electron chi connectivity index (χ3n) is 4.15. The zero-order valence-corrected chi connectivity index (χ0v) is 14.3. The third-order valence-corrected chi connectivity index (χ3v) is 4.15. The highest BCUT2D eigenvalue weighted by molar-refractivity contribution is 5.43. The fourth-order valence-electron chi connectivity index (χ4n) is 2.54. The minimum Gasteiger partial charge on any atom is -0.490 e. The molecule has 1 aliphatic rings. The molecule has 0 fully saturated rings. The monoisotopic (exact) mass is 300 g/mol. The summed E-state index contributed by atoms with van der Waals surface area (Å²) in [6.07, 6.45) is 9.15. The maximum Gasteiger partial charge on any atom is 0.126 e. The van der Waals surface area contributed by atoms with Gasteiger partial charge in [-0.25, -0.2) is 0 Å². The van der Waals surface area contributed by atoms with Gasteiger partial charge in [0.05, 0.1) is 0 Å². The van der Waals surface area contributed by atoms with Gasteiger partial charge in [0.2, 0.25) is 0 Å². The van der Waals surface area contributed by atoms with Crippen LogP contribution in [0.5, 0.6) is 11.5 Å². The van der Waals surface area contributed by atoms with E-state index in [1.165, 1.54) is 16.7 Å². The normalized spacial score (nSPS) is 18.1. The lowest BCUT2D eigenvalue weighted by atomic mass is 10.1. The Kier molecular flexibility index (Phi) is 6.11. The van der Waals surface area contributed by atoms with E-state index in [1.54, 1.807) is 0 Å². The summed E-state index contributed by atoms with van der Waals surface area (Å²) in [7, 11) is 0. The molecule has 1 aromatic carbocycles. The molecule has 0 bridgehead atoms. The second-order valence-electron chi connectivity index (χ2n) is 6.21. The number of ether oxygens (including phenoxy) is 2. The number of rotatable bonds is 7. The molecule has 1 unspecified atom stereocenters. The van der Waals surface area contributed by atoms with E-state index < -0.39 is 0 Å². The van der Waals surface area contributed by atoms with E-state index in [9.17, 15) is 0 Å². The average Bonchev–Trinajstić information content (AvgIpc) is 2.86. The highest BCUT2D eigenvalue weighted by Crippen LogP contribution is 2.32. The van der Waals surface area contributed by atoms with Gasteiger partial charge in [-0.2, -0.15) is 0 Å². The predicted molar refractivity (Wildman–Crippen MR) is 92.8 cm³/mol. The molecule has 120 valence electrons. The summed E-state index contributed by atoms with van der Waals surface area (Å²) in [5.41, 5.74) is 4.13. The van der Waals surface area contributed by atoms with E-state index in [0.29, 0.717) is 6.61 Å². The Balaban J connectivity index is 1.78. The number of fused-ring (bicyclic) bond motifs is 1. The Morgan fingerprint density at radius 1 is 1.27 bits per heavy atom. The minimum absolute atomic E-state index is 0.284. The van der Waals surface area contributed by atoms with Crippen LogP contribution in [0.15, 0.2) is 41.5 Å². The van der Waals surface area contributed by atoms with Crippen LogP contribution in [0.4, 0.5) is 0 Å². The molecule has 2 heteroatoms. The van der Waals surface area contributed by atoms with Crippen molar-refractivity contribution in [3.8, 4) is 11.5 Å². The van der Waals surface area contributed by atoms with Crippen LogP contribution in [-0.4, -0.2) is 12.7 Å². The zero-order chi connectivity index (χ0) is 15.9. The van der Waals surface area contributed by atoms with Gasteiger partial charge in [0.15, 0.2) is 0 Å². The summed E-state index contributed by atoms with van der Waals surface area (Å²) in [5, 5.41) is 0. The van der Waals surface area contributed by atoms with Crippen molar-refractivity contribution in [2.75, 3.05) is 6.61 Å².